The topological polar surface area (TPSA) is 29.1 Å². The lowest BCUT2D eigenvalue weighted by Gasteiger charge is -2.31. The lowest BCUT2D eigenvalue weighted by Crippen LogP contribution is -2.50. The fourth-order valence-electron chi connectivity index (χ4n) is 3.18. The molecule has 0 aliphatic rings. The first-order valence-corrected chi connectivity index (χ1v) is 10.3. The first kappa shape index (κ1) is 28.9. The van der Waals surface area contributed by atoms with Gasteiger partial charge in [0.1, 0.15) is 5.82 Å². The Morgan fingerprint density at radius 2 is 1.49 bits per heavy atom. The monoisotopic (exact) mass is 585 g/mol. The van der Waals surface area contributed by atoms with Crippen LogP contribution in [0.25, 0.3) is 0 Å². The number of nitrogens with one attached hydrogen (secondary N) is 1. The number of alkyl halides is 10. The van der Waals surface area contributed by atoms with E-state index in [9.17, 15) is 53.1 Å². The second kappa shape index (κ2) is 9.58. The maximum Gasteiger partial charge on any atom is 0.435 e. The molecule has 0 saturated carbocycles. The highest BCUT2D eigenvalue weighted by atomic mass is 79.9. The van der Waals surface area contributed by atoms with Gasteiger partial charge in [-0.2, -0.15) is 39.5 Å². The molecule has 0 aliphatic carbocycles. The van der Waals surface area contributed by atoms with Gasteiger partial charge >= 0.3 is 24.2 Å². The van der Waals surface area contributed by atoms with Gasteiger partial charge in [-0.1, -0.05) is 26.0 Å². The van der Waals surface area contributed by atoms with Crippen molar-refractivity contribution in [3.63, 3.8) is 0 Å². The number of amides is 1. The van der Waals surface area contributed by atoms with Gasteiger partial charge < -0.3 is 5.32 Å². The number of halogens is 12. The van der Waals surface area contributed by atoms with Gasteiger partial charge in [0, 0.05) is 10.0 Å². The van der Waals surface area contributed by atoms with E-state index in [1.165, 1.54) is 12.1 Å². The highest BCUT2D eigenvalue weighted by Crippen LogP contribution is 2.55. The predicted molar refractivity (Wildman–Crippen MR) is 107 cm³/mol. The number of carbonyl (C=O) groups excluding carboxylic acids is 1. The van der Waals surface area contributed by atoms with Crippen LogP contribution in [-0.4, -0.2) is 18.3 Å². The summed E-state index contributed by atoms with van der Waals surface area (Å²) in [5.74, 6) is -2.60. The van der Waals surface area contributed by atoms with Crippen molar-refractivity contribution in [2.45, 2.75) is 44.5 Å². The van der Waals surface area contributed by atoms with Gasteiger partial charge in [0.2, 0.25) is 0 Å². The molecule has 0 fully saturated rings. The molecule has 0 aliphatic heterocycles. The van der Waals surface area contributed by atoms with E-state index in [2.05, 4.69) is 15.9 Å². The molecule has 0 spiro atoms. The highest BCUT2D eigenvalue weighted by Gasteiger charge is 2.73. The van der Waals surface area contributed by atoms with E-state index in [1.807, 2.05) is 0 Å². The zero-order valence-electron chi connectivity index (χ0n) is 17.6. The van der Waals surface area contributed by atoms with Crippen molar-refractivity contribution in [3.8, 4) is 0 Å². The molecule has 2 aromatic rings. The quantitative estimate of drug-likeness (QED) is 0.351. The van der Waals surface area contributed by atoms with E-state index in [0.717, 1.165) is 6.07 Å². The van der Waals surface area contributed by atoms with Gasteiger partial charge in [-0.15, -0.1) is 0 Å². The molecule has 0 heterocycles. The lowest BCUT2D eigenvalue weighted by atomic mass is 9.91. The molecule has 0 radical (unpaired) electrons. The van der Waals surface area contributed by atoms with Crippen molar-refractivity contribution < 1.29 is 53.1 Å². The summed E-state index contributed by atoms with van der Waals surface area (Å²) in [6.07, 6.45) is -18.8. The van der Waals surface area contributed by atoms with Crippen LogP contribution in [0.3, 0.4) is 0 Å². The molecule has 0 saturated heterocycles. The van der Waals surface area contributed by atoms with Gasteiger partial charge in [0.05, 0.1) is 16.8 Å². The van der Waals surface area contributed by atoms with Crippen molar-refractivity contribution in [3.05, 3.63) is 62.9 Å². The number of hydrogen-bond acceptors (Lipinski definition) is 1. The van der Waals surface area contributed by atoms with Crippen LogP contribution in [0.15, 0.2) is 34.8 Å². The van der Waals surface area contributed by atoms with Crippen LogP contribution in [0.4, 0.5) is 54.0 Å². The van der Waals surface area contributed by atoms with Crippen LogP contribution >= 0.6 is 15.9 Å². The van der Waals surface area contributed by atoms with Crippen LogP contribution in [0, 0.1) is 11.7 Å². The molecule has 14 heteroatoms. The van der Waals surface area contributed by atoms with Crippen LogP contribution < -0.4 is 5.32 Å². The molecule has 0 atom stereocenters. The van der Waals surface area contributed by atoms with Gasteiger partial charge in [0.15, 0.2) is 0 Å². The second-order valence-corrected chi connectivity index (χ2v) is 8.72. The minimum absolute atomic E-state index is 0.0516. The minimum Gasteiger partial charge on any atom is -0.320 e. The third-order valence-electron chi connectivity index (χ3n) is 4.76. The second-order valence-electron chi connectivity index (χ2n) is 7.86. The first-order valence-electron chi connectivity index (χ1n) is 9.54. The number of hydrogen-bond donors (Lipinski definition) is 1. The van der Waals surface area contributed by atoms with Gasteiger partial charge in [-0.05, 0) is 52.0 Å². The fourth-order valence-corrected chi connectivity index (χ4v) is 3.74. The standard InChI is InChI=1S/C21H15BrF11NO/c1-9(2)6-10-4-3-5-12(15(10)23)17(35)34-16-13(19(25,26)27)7-11(8-14(16)22)18(24,20(28,29)30)21(31,32)33/h3-5,7-9H,6H2,1-2H3,(H,34,35). The Kier molecular flexibility index (Phi) is 7.90. The summed E-state index contributed by atoms with van der Waals surface area (Å²) in [4.78, 5) is 12.5. The van der Waals surface area contributed by atoms with E-state index < -0.39 is 68.8 Å². The molecule has 1 N–H and O–H groups in total. The molecule has 2 nitrogen and oxygen atoms in total. The summed E-state index contributed by atoms with van der Waals surface area (Å²) in [6.45, 7) is 3.46. The smallest absolute Gasteiger partial charge is 0.320 e. The SMILES string of the molecule is CC(C)Cc1cccc(C(=O)Nc2c(Br)cc(C(F)(C(F)(F)F)C(F)(F)F)cc2C(F)(F)F)c1F. The van der Waals surface area contributed by atoms with Crippen molar-refractivity contribution in [2.75, 3.05) is 5.32 Å². The van der Waals surface area contributed by atoms with Crippen molar-refractivity contribution in [1.29, 1.82) is 0 Å². The Hall–Kier alpha value is -2.38. The van der Waals surface area contributed by atoms with Crippen LogP contribution in [0.5, 0.6) is 0 Å². The zero-order valence-corrected chi connectivity index (χ0v) is 19.2. The average Bonchev–Trinajstić information content (AvgIpc) is 2.67. The van der Waals surface area contributed by atoms with E-state index in [0.29, 0.717) is 0 Å². The fraction of sp³-hybridized carbons (Fsp3) is 0.381. The summed E-state index contributed by atoms with van der Waals surface area (Å²) < 4.78 is 147. The zero-order chi connectivity index (χ0) is 27.1. The van der Waals surface area contributed by atoms with Crippen molar-refractivity contribution >= 4 is 27.5 Å². The number of rotatable bonds is 5. The lowest BCUT2D eigenvalue weighted by molar-refractivity contribution is -0.348. The number of benzene rings is 2. The van der Waals surface area contributed by atoms with Crippen molar-refractivity contribution in [1.82, 2.24) is 0 Å². The Balaban J connectivity index is 2.67. The summed E-state index contributed by atoms with van der Waals surface area (Å²) in [7, 11) is 0. The highest BCUT2D eigenvalue weighted by molar-refractivity contribution is 9.10. The van der Waals surface area contributed by atoms with Crippen LogP contribution in [-0.2, 0) is 18.3 Å². The molecule has 2 aromatic carbocycles. The third kappa shape index (κ3) is 5.72. The van der Waals surface area contributed by atoms with Crippen LogP contribution in [0.1, 0.15) is 40.9 Å². The normalized spacial score (nSPS) is 13.3. The first-order chi connectivity index (χ1) is 15.7. The molecule has 2 rings (SSSR count). The predicted octanol–water partition coefficient (Wildman–Crippen LogP) is 8.35. The maximum absolute atomic E-state index is 14.7. The molecular weight excluding hydrogens is 571 g/mol. The van der Waals surface area contributed by atoms with E-state index in [-0.39, 0.29) is 24.0 Å². The van der Waals surface area contributed by atoms with Gasteiger partial charge in [-0.3, -0.25) is 4.79 Å². The summed E-state index contributed by atoms with van der Waals surface area (Å²) in [5, 5.41) is 1.65. The van der Waals surface area contributed by atoms with E-state index in [1.54, 1.807) is 19.2 Å². The minimum atomic E-state index is -6.67. The number of anilines is 1. The molecule has 0 aromatic heterocycles. The average molecular weight is 586 g/mol. The Labute approximate surface area is 199 Å². The van der Waals surface area contributed by atoms with Gasteiger partial charge in [-0.25, -0.2) is 8.78 Å². The summed E-state index contributed by atoms with van der Waals surface area (Å²) in [5.41, 5.74) is -12.8. The van der Waals surface area contributed by atoms with Crippen molar-refractivity contribution in [2.24, 2.45) is 5.92 Å². The van der Waals surface area contributed by atoms with Gasteiger partial charge in [0.25, 0.3) is 5.91 Å². The van der Waals surface area contributed by atoms with E-state index in [4.69, 9.17) is 0 Å². The Morgan fingerprint density at radius 1 is 0.943 bits per heavy atom. The summed E-state index contributed by atoms with van der Waals surface area (Å²) in [6, 6.07) is 2.60. The Morgan fingerprint density at radius 3 is 1.94 bits per heavy atom. The summed E-state index contributed by atoms with van der Waals surface area (Å²) >= 11 is 2.37. The van der Waals surface area contributed by atoms with Crippen LogP contribution in [0.2, 0.25) is 0 Å². The third-order valence-corrected chi connectivity index (χ3v) is 5.39. The molecular formula is C21H15BrF11NO. The van der Waals surface area contributed by atoms with E-state index >= 15 is 0 Å². The molecule has 35 heavy (non-hydrogen) atoms. The molecule has 1 amide bonds. The molecule has 0 unspecified atom stereocenters. The molecule has 194 valence electrons. The largest absolute Gasteiger partial charge is 0.435 e. The maximum atomic E-state index is 14.7. The Bertz CT molecular complexity index is 1090. The number of carbonyl (C=O) groups is 1. The molecule has 0 bridgehead atoms.